The lowest BCUT2D eigenvalue weighted by molar-refractivity contribution is -0.135. The molecule has 1 aromatic rings. The molecule has 74 valence electrons. The molecule has 0 saturated carbocycles. The van der Waals surface area contributed by atoms with Crippen molar-refractivity contribution in [2.45, 2.75) is 0 Å². The first-order valence-electron chi connectivity index (χ1n) is 3.64. The van der Waals surface area contributed by atoms with Crippen LogP contribution in [0.1, 0.15) is 10.4 Å². The average molecular weight is 200 g/mol. The molecule has 1 aromatic carbocycles. The molecule has 0 atom stereocenters. The molecule has 0 fully saturated rings. The maximum Gasteiger partial charge on any atom is 0.379 e. The van der Waals surface area contributed by atoms with Crippen LogP contribution in [0.25, 0.3) is 0 Å². The zero-order valence-electron chi connectivity index (χ0n) is 7.21. The Balaban J connectivity index is 3.14. The number of carbonyl (C=O) groups is 2. The molecule has 0 heterocycles. The van der Waals surface area contributed by atoms with Gasteiger partial charge in [0, 0.05) is 0 Å². The monoisotopic (exact) mass is 200 g/mol. The minimum absolute atomic E-state index is 0.628. The van der Waals surface area contributed by atoms with Crippen molar-refractivity contribution in [1.82, 2.24) is 0 Å². The SMILES string of the molecule is COC(=O)C(=O)c1cccc(F)c1F. The van der Waals surface area contributed by atoms with E-state index >= 15 is 0 Å². The highest BCUT2D eigenvalue weighted by atomic mass is 19.2. The molecule has 1 rings (SSSR count). The standard InChI is InChI=1S/C9H6F2O3/c1-14-9(13)8(12)5-3-2-4-6(10)7(5)11/h2-4H,1H3. The van der Waals surface area contributed by atoms with Crippen LogP contribution in [0, 0.1) is 11.6 Å². The van der Waals surface area contributed by atoms with E-state index in [1.165, 1.54) is 0 Å². The summed E-state index contributed by atoms with van der Waals surface area (Å²) in [5.41, 5.74) is -0.628. The van der Waals surface area contributed by atoms with Crippen molar-refractivity contribution in [2.75, 3.05) is 7.11 Å². The van der Waals surface area contributed by atoms with Gasteiger partial charge >= 0.3 is 5.97 Å². The van der Waals surface area contributed by atoms with Crippen LogP contribution in [0.5, 0.6) is 0 Å². The second-order valence-electron chi connectivity index (χ2n) is 2.42. The van der Waals surface area contributed by atoms with Gasteiger partial charge in [0.25, 0.3) is 5.78 Å². The van der Waals surface area contributed by atoms with Crippen molar-refractivity contribution in [2.24, 2.45) is 0 Å². The Morgan fingerprint density at radius 1 is 1.29 bits per heavy atom. The van der Waals surface area contributed by atoms with E-state index in [-0.39, 0.29) is 0 Å². The Bertz CT molecular complexity index is 388. The molecule has 0 N–H and O–H groups in total. The van der Waals surface area contributed by atoms with Gasteiger partial charge in [0.05, 0.1) is 12.7 Å². The van der Waals surface area contributed by atoms with Crippen LogP contribution >= 0.6 is 0 Å². The maximum absolute atomic E-state index is 12.9. The summed E-state index contributed by atoms with van der Waals surface area (Å²) in [5.74, 6) is -4.96. The summed E-state index contributed by atoms with van der Waals surface area (Å²) in [4.78, 5) is 21.8. The molecule has 5 heteroatoms. The number of esters is 1. The normalized spacial score (nSPS) is 9.64. The quantitative estimate of drug-likeness (QED) is 0.411. The highest BCUT2D eigenvalue weighted by molar-refractivity contribution is 6.40. The molecule has 0 amide bonds. The molecule has 0 unspecified atom stereocenters. The Morgan fingerprint density at radius 2 is 1.93 bits per heavy atom. The van der Waals surface area contributed by atoms with Crippen molar-refractivity contribution < 1.29 is 23.1 Å². The molecule has 14 heavy (non-hydrogen) atoms. The van der Waals surface area contributed by atoms with Gasteiger partial charge in [-0.1, -0.05) is 6.07 Å². The summed E-state index contributed by atoms with van der Waals surface area (Å²) < 4.78 is 29.7. The van der Waals surface area contributed by atoms with Crippen molar-refractivity contribution in [3.05, 3.63) is 35.4 Å². The van der Waals surface area contributed by atoms with E-state index in [0.717, 1.165) is 25.3 Å². The Hall–Kier alpha value is -1.78. The van der Waals surface area contributed by atoms with Gasteiger partial charge in [-0.15, -0.1) is 0 Å². The zero-order chi connectivity index (χ0) is 10.7. The maximum atomic E-state index is 12.9. The summed E-state index contributed by atoms with van der Waals surface area (Å²) in [5, 5.41) is 0. The van der Waals surface area contributed by atoms with Gasteiger partial charge in [0.15, 0.2) is 11.6 Å². The number of benzene rings is 1. The molecule has 0 aromatic heterocycles. The molecule has 0 aliphatic rings. The molecular weight excluding hydrogens is 194 g/mol. The first-order chi connectivity index (χ1) is 6.57. The lowest BCUT2D eigenvalue weighted by Gasteiger charge is -2.00. The topological polar surface area (TPSA) is 43.4 Å². The van der Waals surface area contributed by atoms with E-state index < -0.39 is 29.0 Å². The van der Waals surface area contributed by atoms with Crippen LogP contribution in [0.4, 0.5) is 8.78 Å². The minimum Gasteiger partial charge on any atom is -0.463 e. The summed E-state index contributed by atoms with van der Waals surface area (Å²) in [6.07, 6.45) is 0. The highest BCUT2D eigenvalue weighted by Crippen LogP contribution is 2.12. The van der Waals surface area contributed by atoms with E-state index in [4.69, 9.17) is 0 Å². The first kappa shape index (κ1) is 10.3. The van der Waals surface area contributed by atoms with Gasteiger partial charge in [0.1, 0.15) is 0 Å². The Labute approximate surface area is 78.3 Å². The van der Waals surface area contributed by atoms with Crippen LogP contribution in [-0.4, -0.2) is 18.9 Å². The molecule has 0 spiro atoms. The number of hydrogen-bond acceptors (Lipinski definition) is 3. The predicted molar refractivity (Wildman–Crippen MR) is 42.7 cm³/mol. The van der Waals surface area contributed by atoms with E-state index in [1.807, 2.05) is 0 Å². The highest BCUT2D eigenvalue weighted by Gasteiger charge is 2.22. The van der Waals surface area contributed by atoms with Gasteiger partial charge < -0.3 is 4.74 Å². The summed E-state index contributed by atoms with van der Waals surface area (Å²) in [6, 6.07) is 3.00. The lowest BCUT2D eigenvalue weighted by Crippen LogP contribution is -2.17. The molecule has 3 nitrogen and oxygen atoms in total. The lowest BCUT2D eigenvalue weighted by atomic mass is 10.1. The number of methoxy groups -OCH3 is 1. The second kappa shape index (κ2) is 3.95. The van der Waals surface area contributed by atoms with Crippen LogP contribution in [0.2, 0.25) is 0 Å². The summed E-state index contributed by atoms with van der Waals surface area (Å²) >= 11 is 0. The van der Waals surface area contributed by atoms with E-state index in [2.05, 4.69) is 4.74 Å². The first-order valence-corrected chi connectivity index (χ1v) is 3.64. The number of ketones is 1. The molecule has 0 saturated heterocycles. The molecule has 0 radical (unpaired) electrons. The largest absolute Gasteiger partial charge is 0.463 e. The fourth-order valence-corrected chi connectivity index (χ4v) is 0.882. The smallest absolute Gasteiger partial charge is 0.379 e. The number of halogens is 2. The number of Topliss-reactive ketones (excluding diaryl/α,β-unsaturated/α-hetero) is 1. The third-order valence-corrected chi connectivity index (χ3v) is 1.57. The fraction of sp³-hybridized carbons (Fsp3) is 0.111. The molecular formula is C9H6F2O3. The van der Waals surface area contributed by atoms with Crippen LogP contribution in [0.15, 0.2) is 18.2 Å². The van der Waals surface area contributed by atoms with Gasteiger partial charge in [-0.25, -0.2) is 13.6 Å². The average Bonchev–Trinajstić information content (AvgIpc) is 2.20. The number of ether oxygens (including phenoxy) is 1. The zero-order valence-corrected chi connectivity index (χ0v) is 7.21. The Morgan fingerprint density at radius 3 is 2.50 bits per heavy atom. The van der Waals surface area contributed by atoms with E-state index in [0.29, 0.717) is 0 Å². The predicted octanol–water partition coefficient (Wildman–Crippen LogP) is 1.32. The van der Waals surface area contributed by atoms with Crippen LogP contribution < -0.4 is 0 Å². The van der Waals surface area contributed by atoms with E-state index in [1.54, 1.807) is 0 Å². The van der Waals surface area contributed by atoms with Crippen LogP contribution in [-0.2, 0) is 9.53 Å². The van der Waals surface area contributed by atoms with Gasteiger partial charge in [-0.05, 0) is 12.1 Å². The summed E-state index contributed by atoms with van der Waals surface area (Å²) in [6.45, 7) is 0. The summed E-state index contributed by atoms with van der Waals surface area (Å²) in [7, 11) is 0.984. The van der Waals surface area contributed by atoms with Gasteiger partial charge in [0.2, 0.25) is 0 Å². The third kappa shape index (κ3) is 1.76. The van der Waals surface area contributed by atoms with Crippen molar-refractivity contribution >= 4 is 11.8 Å². The number of hydrogen-bond donors (Lipinski definition) is 0. The van der Waals surface area contributed by atoms with E-state index in [9.17, 15) is 18.4 Å². The molecule has 0 aliphatic heterocycles. The van der Waals surface area contributed by atoms with Crippen molar-refractivity contribution in [3.63, 3.8) is 0 Å². The molecule has 0 aliphatic carbocycles. The fourth-order valence-electron chi connectivity index (χ4n) is 0.882. The third-order valence-electron chi connectivity index (χ3n) is 1.57. The Kier molecular flexibility index (Phi) is 2.91. The number of rotatable bonds is 2. The number of carbonyl (C=O) groups excluding carboxylic acids is 2. The van der Waals surface area contributed by atoms with Gasteiger partial charge in [-0.2, -0.15) is 0 Å². The minimum atomic E-state index is -1.34. The van der Waals surface area contributed by atoms with Crippen molar-refractivity contribution in [1.29, 1.82) is 0 Å². The van der Waals surface area contributed by atoms with Crippen LogP contribution in [0.3, 0.4) is 0 Å². The second-order valence-corrected chi connectivity index (χ2v) is 2.42. The van der Waals surface area contributed by atoms with Crippen molar-refractivity contribution in [3.8, 4) is 0 Å². The van der Waals surface area contributed by atoms with Gasteiger partial charge in [-0.3, -0.25) is 4.79 Å². The molecule has 0 bridgehead atoms.